The summed E-state index contributed by atoms with van der Waals surface area (Å²) in [6.07, 6.45) is 0.824. The van der Waals surface area contributed by atoms with E-state index in [1.54, 1.807) is 7.11 Å². The number of methoxy groups -OCH3 is 1. The minimum absolute atomic E-state index is 0.0360. The van der Waals surface area contributed by atoms with Crippen molar-refractivity contribution in [1.82, 2.24) is 4.98 Å². The highest BCUT2D eigenvalue weighted by atomic mass is 32.1. The van der Waals surface area contributed by atoms with Crippen LogP contribution < -0.4 is 4.74 Å². The van der Waals surface area contributed by atoms with Gasteiger partial charge in [0.05, 0.1) is 24.2 Å². The van der Waals surface area contributed by atoms with Crippen LogP contribution in [0.25, 0.3) is 0 Å². The van der Waals surface area contributed by atoms with Crippen LogP contribution in [0.15, 0.2) is 24.3 Å². The summed E-state index contributed by atoms with van der Waals surface area (Å²) in [5.74, 6) is 0.0513. The van der Waals surface area contributed by atoms with Crippen molar-refractivity contribution in [2.45, 2.75) is 39.0 Å². The Labute approximate surface area is 134 Å². The number of aromatic nitrogens is 1. The minimum Gasteiger partial charge on any atom is -0.496 e. The van der Waals surface area contributed by atoms with Crippen LogP contribution in [0, 0.1) is 6.92 Å². The Kier molecular flexibility index (Phi) is 4.86. The zero-order chi connectivity index (χ0) is 16.3. The van der Waals surface area contributed by atoms with E-state index in [1.807, 2.05) is 25.1 Å². The summed E-state index contributed by atoms with van der Waals surface area (Å²) < 4.78 is 5.41. The summed E-state index contributed by atoms with van der Waals surface area (Å²) in [6, 6.07) is 7.96. The van der Waals surface area contributed by atoms with Gasteiger partial charge in [-0.3, -0.25) is 4.79 Å². The van der Waals surface area contributed by atoms with Gasteiger partial charge < -0.3 is 9.84 Å². The number of aryl methyl sites for hydroxylation is 1. The van der Waals surface area contributed by atoms with Crippen molar-refractivity contribution < 1.29 is 14.6 Å². The molecule has 0 saturated carbocycles. The number of carboxylic acid groups (broad SMARTS) is 1. The average Bonchev–Trinajstić information content (AvgIpc) is 2.80. The monoisotopic (exact) mass is 319 g/mol. The summed E-state index contributed by atoms with van der Waals surface area (Å²) in [4.78, 5) is 16.3. The summed E-state index contributed by atoms with van der Waals surface area (Å²) >= 11 is 1.49. The Morgan fingerprint density at radius 1 is 1.36 bits per heavy atom. The maximum Gasteiger partial charge on any atom is 0.308 e. The second kappa shape index (κ2) is 6.48. The molecule has 1 heterocycles. The Balaban J connectivity index is 2.28. The van der Waals surface area contributed by atoms with Crippen molar-refractivity contribution in [2.24, 2.45) is 0 Å². The van der Waals surface area contributed by atoms with Crippen LogP contribution in [0.2, 0.25) is 0 Å². The number of aliphatic carboxylic acids is 1. The summed E-state index contributed by atoms with van der Waals surface area (Å²) in [7, 11) is 1.67. The zero-order valence-electron chi connectivity index (χ0n) is 13.3. The van der Waals surface area contributed by atoms with Crippen molar-refractivity contribution >= 4 is 17.3 Å². The van der Waals surface area contributed by atoms with E-state index in [9.17, 15) is 4.79 Å². The number of hydrogen-bond donors (Lipinski definition) is 1. The highest BCUT2D eigenvalue weighted by molar-refractivity contribution is 7.12. The number of ether oxygens (including phenoxy) is 1. The van der Waals surface area contributed by atoms with Crippen LogP contribution in [-0.4, -0.2) is 23.2 Å². The average molecular weight is 319 g/mol. The Bertz CT molecular complexity index is 676. The number of thiazole rings is 1. The van der Waals surface area contributed by atoms with Crippen molar-refractivity contribution in [3.8, 4) is 5.75 Å². The number of carboxylic acids is 1. The standard InChI is InChI=1S/C17H21NO3S/c1-11-14(9-15(19)20)22-16(18-11)17(2,3)10-12-7-5-6-8-13(12)21-4/h5-8H,9-10H2,1-4H3,(H,19,20). The largest absolute Gasteiger partial charge is 0.496 e. The third-order valence-corrected chi connectivity index (χ3v) is 5.13. The molecular formula is C17H21NO3S. The number of rotatable bonds is 6. The van der Waals surface area contributed by atoms with Crippen LogP contribution in [0.3, 0.4) is 0 Å². The molecule has 4 nitrogen and oxygen atoms in total. The molecule has 0 radical (unpaired) electrons. The lowest BCUT2D eigenvalue weighted by Gasteiger charge is -2.23. The fraction of sp³-hybridized carbons (Fsp3) is 0.412. The van der Waals surface area contributed by atoms with Crippen LogP contribution in [0.4, 0.5) is 0 Å². The molecule has 1 aromatic heterocycles. The lowest BCUT2D eigenvalue weighted by Crippen LogP contribution is -2.20. The maximum absolute atomic E-state index is 10.9. The zero-order valence-corrected chi connectivity index (χ0v) is 14.2. The fourth-order valence-corrected chi connectivity index (χ4v) is 3.57. The summed E-state index contributed by atoms with van der Waals surface area (Å²) in [5, 5.41) is 9.93. The van der Waals surface area contributed by atoms with Crippen molar-refractivity contribution in [1.29, 1.82) is 0 Å². The molecule has 0 aliphatic heterocycles. The number of carbonyl (C=O) groups is 1. The smallest absolute Gasteiger partial charge is 0.308 e. The molecule has 0 fully saturated rings. The number of benzene rings is 1. The Hall–Kier alpha value is -1.88. The van der Waals surface area contributed by atoms with Crippen LogP contribution in [0.5, 0.6) is 5.75 Å². The highest BCUT2D eigenvalue weighted by Gasteiger charge is 2.27. The van der Waals surface area contributed by atoms with Crippen molar-refractivity contribution in [3.63, 3.8) is 0 Å². The van der Waals surface area contributed by atoms with E-state index in [0.717, 1.165) is 33.3 Å². The van der Waals surface area contributed by atoms with E-state index in [1.165, 1.54) is 11.3 Å². The fourth-order valence-electron chi connectivity index (χ4n) is 2.42. The van der Waals surface area contributed by atoms with Gasteiger partial charge in [0.15, 0.2) is 0 Å². The molecule has 1 N–H and O–H groups in total. The highest BCUT2D eigenvalue weighted by Crippen LogP contribution is 2.35. The van der Waals surface area contributed by atoms with E-state index in [4.69, 9.17) is 9.84 Å². The second-order valence-corrected chi connectivity index (χ2v) is 7.05. The molecule has 0 aliphatic carbocycles. The summed E-state index contributed by atoms with van der Waals surface area (Å²) in [6.45, 7) is 6.13. The maximum atomic E-state index is 10.9. The molecule has 0 amide bonds. The van der Waals surface area contributed by atoms with Crippen molar-refractivity contribution in [2.75, 3.05) is 7.11 Å². The molecule has 0 aliphatic rings. The molecule has 22 heavy (non-hydrogen) atoms. The molecule has 118 valence electrons. The lowest BCUT2D eigenvalue weighted by atomic mass is 9.86. The normalized spacial score (nSPS) is 11.5. The van der Waals surface area contributed by atoms with Crippen LogP contribution >= 0.6 is 11.3 Å². The first-order valence-electron chi connectivity index (χ1n) is 7.14. The van der Waals surface area contributed by atoms with E-state index >= 15 is 0 Å². The van der Waals surface area contributed by atoms with Gasteiger partial charge in [0.25, 0.3) is 0 Å². The quantitative estimate of drug-likeness (QED) is 0.883. The molecule has 0 bridgehead atoms. The molecule has 2 rings (SSSR count). The molecule has 2 aromatic rings. The number of nitrogens with zero attached hydrogens (tertiary/aromatic N) is 1. The first-order chi connectivity index (χ1) is 10.3. The van der Waals surface area contributed by atoms with E-state index in [2.05, 4.69) is 24.9 Å². The van der Waals surface area contributed by atoms with Gasteiger partial charge in [0.2, 0.25) is 0 Å². The molecule has 0 atom stereocenters. The third kappa shape index (κ3) is 3.65. The van der Waals surface area contributed by atoms with Gasteiger partial charge in [-0.25, -0.2) is 4.98 Å². The molecular weight excluding hydrogens is 298 g/mol. The molecule has 0 spiro atoms. The lowest BCUT2D eigenvalue weighted by molar-refractivity contribution is -0.136. The molecule has 0 saturated heterocycles. The van der Waals surface area contributed by atoms with E-state index in [0.29, 0.717) is 0 Å². The van der Waals surface area contributed by atoms with Gasteiger partial charge in [-0.1, -0.05) is 32.0 Å². The first-order valence-corrected chi connectivity index (χ1v) is 7.95. The van der Waals surface area contributed by atoms with Crippen LogP contribution in [0.1, 0.15) is 35.0 Å². The van der Waals surface area contributed by atoms with E-state index < -0.39 is 5.97 Å². The Morgan fingerprint density at radius 2 is 2.05 bits per heavy atom. The predicted octanol–water partition coefficient (Wildman–Crippen LogP) is 3.61. The van der Waals surface area contributed by atoms with Gasteiger partial charge >= 0.3 is 5.97 Å². The van der Waals surface area contributed by atoms with Crippen molar-refractivity contribution in [3.05, 3.63) is 45.4 Å². The van der Waals surface area contributed by atoms with Gasteiger partial charge in [-0.2, -0.15) is 0 Å². The third-order valence-electron chi connectivity index (χ3n) is 3.61. The predicted molar refractivity (Wildman–Crippen MR) is 87.9 cm³/mol. The number of hydrogen-bond acceptors (Lipinski definition) is 4. The molecule has 1 aromatic carbocycles. The topological polar surface area (TPSA) is 59.4 Å². The number of para-hydroxylation sites is 1. The molecule has 0 unspecified atom stereocenters. The SMILES string of the molecule is COc1ccccc1CC(C)(C)c1nc(C)c(CC(=O)O)s1. The van der Waals surface area contributed by atoms with Gasteiger partial charge in [0.1, 0.15) is 5.75 Å². The van der Waals surface area contributed by atoms with Gasteiger partial charge in [0, 0.05) is 10.3 Å². The van der Waals surface area contributed by atoms with Gasteiger partial charge in [-0.05, 0) is 25.0 Å². The first kappa shape index (κ1) is 16.5. The van der Waals surface area contributed by atoms with Gasteiger partial charge in [-0.15, -0.1) is 11.3 Å². The minimum atomic E-state index is -0.819. The van der Waals surface area contributed by atoms with Crippen LogP contribution in [-0.2, 0) is 23.1 Å². The molecule has 5 heteroatoms. The second-order valence-electron chi connectivity index (χ2n) is 5.97. The Morgan fingerprint density at radius 3 is 2.68 bits per heavy atom. The van der Waals surface area contributed by atoms with E-state index in [-0.39, 0.29) is 11.8 Å². The summed E-state index contributed by atoms with van der Waals surface area (Å²) in [5.41, 5.74) is 1.76.